The Morgan fingerprint density at radius 3 is 2.50 bits per heavy atom. The van der Waals surface area contributed by atoms with E-state index >= 15 is 0 Å². The van der Waals surface area contributed by atoms with Crippen molar-refractivity contribution in [3.05, 3.63) is 0 Å². The van der Waals surface area contributed by atoms with Crippen LogP contribution in [0.2, 0.25) is 0 Å². The van der Waals surface area contributed by atoms with E-state index in [9.17, 15) is 4.79 Å². The van der Waals surface area contributed by atoms with Crippen molar-refractivity contribution in [1.29, 1.82) is 0 Å². The molecule has 2 N–H and O–H groups in total. The SMILES string of the molecule is CCNCC(=O)NC(COC)C(C)C. The van der Waals surface area contributed by atoms with Crippen LogP contribution in [0.5, 0.6) is 0 Å². The van der Waals surface area contributed by atoms with Gasteiger partial charge in [0, 0.05) is 7.11 Å². The zero-order valence-corrected chi connectivity index (χ0v) is 9.59. The van der Waals surface area contributed by atoms with Gasteiger partial charge in [-0.25, -0.2) is 0 Å². The average molecular weight is 202 g/mol. The van der Waals surface area contributed by atoms with Gasteiger partial charge in [0.15, 0.2) is 0 Å². The Morgan fingerprint density at radius 1 is 1.43 bits per heavy atom. The number of hydrogen-bond acceptors (Lipinski definition) is 3. The molecule has 84 valence electrons. The van der Waals surface area contributed by atoms with Gasteiger partial charge in [0.05, 0.1) is 19.2 Å². The molecule has 0 bridgehead atoms. The molecule has 1 atom stereocenters. The minimum atomic E-state index is 0.0302. The Bertz CT molecular complexity index is 160. The fraction of sp³-hybridized carbons (Fsp3) is 0.900. The Hall–Kier alpha value is -0.610. The number of ether oxygens (including phenoxy) is 1. The molecule has 1 amide bonds. The van der Waals surface area contributed by atoms with Crippen molar-refractivity contribution in [2.24, 2.45) is 5.92 Å². The smallest absolute Gasteiger partial charge is 0.234 e. The second-order valence-corrected chi connectivity index (χ2v) is 3.65. The third-order valence-electron chi connectivity index (χ3n) is 2.03. The largest absolute Gasteiger partial charge is 0.383 e. The second kappa shape index (κ2) is 7.76. The summed E-state index contributed by atoms with van der Waals surface area (Å²) in [4.78, 5) is 11.4. The van der Waals surface area contributed by atoms with E-state index in [1.165, 1.54) is 0 Å². The molecule has 1 unspecified atom stereocenters. The molecule has 0 saturated carbocycles. The first-order valence-corrected chi connectivity index (χ1v) is 5.10. The highest BCUT2D eigenvalue weighted by molar-refractivity contribution is 5.78. The topological polar surface area (TPSA) is 50.4 Å². The van der Waals surface area contributed by atoms with E-state index in [1.54, 1.807) is 7.11 Å². The third kappa shape index (κ3) is 5.94. The number of hydrogen-bond donors (Lipinski definition) is 2. The quantitative estimate of drug-likeness (QED) is 0.627. The van der Waals surface area contributed by atoms with E-state index < -0.39 is 0 Å². The van der Waals surface area contributed by atoms with Gasteiger partial charge in [-0.05, 0) is 12.5 Å². The minimum absolute atomic E-state index is 0.0302. The number of nitrogens with one attached hydrogen (secondary N) is 2. The number of amides is 1. The van der Waals surface area contributed by atoms with Crippen LogP contribution in [0.1, 0.15) is 20.8 Å². The monoisotopic (exact) mass is 202 g/mol. The maximum Gasteiger partial charge on any atom is 0.234 e. The van der Waals surface area contributed by atoms with Crippen molar-refractivity contribution < 1.29 is 9.53 Å². The Balaban J connectivity index is 3.83. The van der Waals surface area contributed by atoms with Crippen LogP contribution < -0.4 is 10.6 Å². The third-order valence-corrected chi connectivity index (χ3v) is 2.03. The first kappa shape index (κ1) is 13.4. The molecule has 0 radical (unpaired) electrons. The van der Waals surface area contributed by atoms with Crippen LogP contribution in [0.3, 0.4) is 0 Å². The van der Waals surface area contributed by atoms with Gasteiger partial charge >= 0.3 is 0 Å². The van der Waals surface area contributed by atoms with Crippen LogP contribution in [-0.2, 0) is 9.53 Å². The average Bonchev–Trinajstić information content (AvgIpc) is 2.14. The molecule has 4 nitrogen and oxygen atoms in total. The van der Waals surface area contributed by atoms with Crippen molar-refractivity contribution in [2.45, 2.75) is 26.8 Å². The van der Waals surface area contributed by atoms with Crippen LogP contribution in [-0.4, -0.2) is 38.8 Å². The van der Waals surface area contributed by atoms with Crippen molar-refractivity contribution >= 4 is 5.91 Å². The van der Waals surface area contributed by atoms with E-state index in [0.717, 1.165) is 6.54 Å². The van der Waals surface area contributed by atoms with Crippen molar-refractivity contribution in [2.75, 3.05) is 26.8 Å². The Kier molecular flexibility index (Phi) is 7.42. The highest BCUT2D eigenvalue weighted by atomic mass is 16.5. The van der Waals surface area contributed by atoms with Gasteiger partial charge in [-0.1, -0.05) is 20.8 Å². The van der Waals surface area contributed by atoms with Gasteiger partial charge in [-0.15, -0.1) is 0 Å². The molecule has 0 aromatic rings. The van der Waals surface area contributed by atoms with Gasteiger partial charge in [-0.2, -0.15) is 0 Å². The standard InChI is InChI=1S/C10H22N2O2/c1-5-11-6-10(13)12-9(7-14-4)8(2)3/h8-9,11H,5-7H2,1-4H3,(H,12,13). The molecule has 14 heavy (non-hydrogen) atoms. The van der Waals surface area contributed by atoms with Gasteiger partial charge in [0.25, 0.3) is 0 Å². The summed E-state index contributed by atoms with van der Waals surface area (Å²) >= 11 is 0. The lowest BCUT2D eigenvalue weighted by molar-refractivity contribution is -0.121. The number of carbonyl (C=O) groups is 1. The summed E-state index contributed by atoms with van der Waals surface area (Å²) in [5.41, 5.74) is 0. The highest BCUT2D eigenvalue weighted by Gasteiger charge is 2.15. The fourth-order valence-electron chi connectivity index (χ4n) is 1.08. The summed E-state index contributed by atoms with van der Waals surface area (Å²) in [6.45, 7) is 7.86. The molecule has 0 aromatic heterocycles. The minimum Gasteiger partial charge on any atom is -0.383 e. The van der Waals surface area contributed by atoms with Crippen molar-refractivity contribution in [3.63, 3.8) is 0 Å². The predicted octanol–water partition coefficient (Wildman–Crippen LogP) is 0.383. The summed E-state index contributed by atoms with van der Waals surface area (Å²) in [5.74, 6) is 0.420. The van der Waals surface area contributed by atoms with E-state index in [0.29, 0.717) is 19.1 Å². The van der Waals surface area contributed by atoms with Crippen molar-refractivity contribution in [1.82, 2.24) is 10.6 Å². The number of likely N-dealkylation sites (N-methyl/N-ethyl adjacent to an activating group) is 1. The molecule has 0 aliphatic rings. The summed E-state index contributed by atoms with van der Waals surface area (Å²) in [6.07, 6.45) is 0. The summed E-state index contributed by atoms with van der Waals surface area (Å²) < 4.78 is 5.04. The lowest BCUT2D eigenvalue weighted by Gasteiger charge is -2.21. The Labute approximate surface area is 86.4 Å². The number of methoxy groups -OCH3 is 1. The van der Waals surface area contributed by atoms with Crippen LogP contribution in [0, 0.1) is 5.92 Å². The van der Waals surface area contributed by atoms with Gasteiger partial charge < -0.3 is 15.4 Å². The molecule has 4 heteroatoms. The molecule has 0 heterocycles. The van der Waals surface area contributed by atoms with E-state index in [-0.39, 0.29) is 11.9 Å². The fourth-order valence-corrected chi connectivity index (χ4v) is 1.08. The van der Waals surface area contributed by atoms with Crippen LogP contribution in [0.25, 0.3) is 0 Å². The highest BCUT2D eigenvalue weighted by Crippen LogP contribution is 2.01. The predicted molar refractivity (Wildman–Crippen MR) is 57.2 cm³/mol. The molecule has 0 aromatic carbocycles. The molecular weight excluding hydrogens is 180 g/mol. The van der Waals surface area contributed by atoms with Crippen LogP contribution in [0.4, 0.5) is 0 Å². The lowest BCUT2D eigenvalue weighted by atomic mass is 10.1. The van der Waals surface area contributed by atoms with Gasteiger partial charge in [0.2, 0.25) is 5.91 Å². The summed E-state index contributed by atoms with van der Waals surface area (Å²) in [5, 5.41) is 5.91. The second-order valence-electron chi connectivity index (χ2n) is 3.65. The zero-order valence-electron chi connectivity index (χ0n) is 9.59. The molecule has 0 fully saturated rings. The van der Waals surface area contributed by atoms with E-state index in [1.807, 2.05) is 6.92 Å². The molecule has 0 aliphatic heterocycles. The first-order valence-electron chi connectivity index (χ1n) is 5.10. The number of rotatable bonds is 7. The molecule has 0 rings (SSSR count). The van der Waals surface area contributed by atoms with E-state index in [4.69, 9.17) is 4.74 Å². The lowest BCUT2D eigenvalue weighted by Crippen LogP contribution is -2.45. The Morgan fingerprint density at radius 2 is 2.07 bits per heavy atom. The van der Waals surface area contributed by atoms with Crippen LogP contribution >= 0.6 is 0 Å². The number of carbonyl (C=O) groups excluding carboxylic acids is 1. The normalized spacial score (nSPS) is 12.9. The molecular formula is C10H22N2O2. The first-order chi connectivity index (χ1) is 6.61. The zero-order chi connectivity index (χ0) is 11.0. The van der Waals surface area contributed by atoms with Gasteiger partial charge in [0.1, 0.15) is 0 Å². The van der Waals surface area contributed by atoms with E-state index in [2.05, 4.69) is 24.5 Å². The van der Waals surface area contributed by atoms with Crippen LogP contribution in [0.15, 0.2) is 0 Å². The molecule has 0 saturated heterocycles. The molecule has 0 aliphatic carbocycles. The maximum absolute atomic E-state index is 11.4. The summed E-state index contributed by atoms with van der Waals surface area (Å²) in [6, 6.07) is 0.103. The summed E-state index contributed by atoms with van der Waals surface area (Å²) in [7, 11) is 1.64. The van der Waals surface area contributed by atoms with Gasteiger partial charge in [-0.3, -0.25) is 4.79 Å². The maximum atomic E-state index is 11.4. The molecule has 0 spiro atoms. The van der Waals surface area contributed by atoms with Crippen molar-refractivity contribution in [3.8, 4) is 0 Å².